The second-order valence-electron chi connectivity index (χ2n) is 6.18. The van der Waals surface area contributed by atoms with Crippen molar-refractivity contribution in [3.63, 3.8) is 0 Å². The SMILES string of the molecule is C[C@H](C(N)=O)N1CCc2cc(OCc3ccc(F)c(F)c3)ccc2C1=O. The summed E-state index contributed by atoms with van der Waals surface area (Å²) in [6.45, 7) is 2.07. The topological polar surface area (TPSA) is 72.6 Å². The molecule has 0 saturated heterocycles. The highest BCUT2D eigenvalue weighted by Gasteiger charge is 2.30. The van der Waals surface area contributed by atoms with E-state index >= 15 is 0 Å². The largest absolute Gasteiger partial charge is 0.489 e. The number of carbonyl (C=O) groups excluding carboxylic acids is 2. The third-order valence-corrected chi connectivity index (χ3v) is 4.46. The van der Waals surface area contributed by atoms with Gasteiger partial charge in [0.1, 0.15) is 18.4 Å². The number of carbonyl (C=O) groups is 2. The van der Waals surface area contributed by atoms with E-state index in [1.54, 1.807) is 25.1 Å². The molecule has 7 heteroatoms. The maximum atomic E-state index is 13.2. The minimum Gasteiger partial charge on any atom is -0.489 e. The Morgan fingerprint density at radius 2 is 2.00 bits per heavy atom. The van der Waals surface area contributed by atoms with E-state index in [2.05, 4.69) is 0 Å². The van der Waals surface area contributed by atoms with Crippen molar-refractivity contribution in [2.75, 3.05) is 6.54 Å². The van der Waals surface area contributed by atoms with E-state index in [0.29, 0.717) is 29.8 Å². The minimum atomic E-state index is -0.925. The van der Waals surface area contributed by atoms with E-state index in [4.69, 9.17) is 10.5 Å². The molecule has 2 N–H and O–H groups in total. The van der Waals surface area contributed by atoms with Crippen LogP contribution in [-0.4, -0.2) is 29.3 Å². The van der Waals surface area contributed by atoms with Crippen molar-refractivity contribution >= 4 is 11.8 Å². The molecule has 2 amide bonds. The molecule has 0 bridgehead atoms. The summed E-state index contributed by atoms with van der Waals surface area (Å²) in [6.07, 6.45) is 0.571. The molecule has 3 rings (SSSR count). The summed E-state index contributed by atoms with van der Waals surface area (Å²) in [4.78, 5) is 25.3. The molecule has 1 aliphatic rings. The van der Waals surface area contributed by atoms with Gasteiger partial charge in [0.25, 0.3) is 5.91 Å². The highest BCUT2D eigenvalue weighted by atomic mass is 19.2. The van der Waals surface area contributed by atoms with Gasteiger partial charge in [-0.2, -0.15) is 0 Å². The molecule has 0 radical (unpaired) electrons. The maximum absolute atomic E-state index is 13.2. The number of primary amides is 1. The minimum absolute atomic E-state index is 0.0781. The van der Waals surface area contributed by atoms with Crippen LogP contribution >= 0.6 is 0 Å². The molecule has 0 unspecified atom stereocenters. The summed E-state index contributed by atoms with van der Waals surface area (Å²) < 4.78 is 31.8. The highest BCUT2D eigenvalue weighted by Crippen LogP contribution is 2.25. The second-order valence-corrected chi connectivity index (χ2v) is 6.18. The monoisotopic (exact) mass is 360 g/mol. The van der Waals surface area contributed by atoms with Crippen LogP contribution in [0.4, 0.5) is 8.78 Å². The smallest absolute Gasteiger partial charge is 0.254 e. The highest BCUT2D eigenvalue weighted by molar-refractivity contribution is 5.99. The number of fused-ring (bicyclic) bond motifs is 1. The molecule has 5 nitrogen and oxygen atoms in total. The zero-order valence-corrected chi connectivity index (χ0v) is 14.2. The maximum Gasteiger partial charge on any atom is 0.254 e. The zero-order chi connectivity index (χ0) is 18.8. The molecule has 1 atom stereocenters. The molecular formula is C19H18F2N2O3. The van der Waals surface area contributed by atoms with Gasteiger partial charge in [0.15, 0.2) is 11.6 Å². The van der Waals surface area contributed by atoms with Gasteiger partial charge in [0, 0.05) is 12.1 Å². The predicted octanol–water partition coefficient (Wildman–Crippen LogP) is 2.42. The first-order valence-electron chi connectivity index (χ1n) is 8.16. The number of benzene rings is 2. The van der Waals surface area contributed by atoms with Crippen molar-refractivity contribution in [1.29, 1.82) is 0 Å². The first kappa shape index (κ1) is 17.8. The van der Waals surface area contributed by atoms with Gasteiger partial charge in [-0.3, -0.25) is 9.59 Å². The molecule has 2 aromatic rings. The standard InChI is InChI=1S/C19H18F2N2O3/c1-11(18(22)24)23-7-6-13-9-14(3-4-15(13)19(23)25)26-10-12-2-5-16(20)17(21)8-12/h2-5,8-9,11H,6-7,10H2,1H3,(H2,22,24)/t11-/m1/s1. The summed E-state index contributed by atoms with van der Waals surface area (Å²) in [5.41, 5.74) is 7.10. The van der Waals surface area contributed by atoms with Crippen LogP contribution in [0.2, 0.25) is 0 Å². The van der Waals surface area contributed by atoms with Crippen LogP contribution in [0.1, 0.15) is 28.4 Å². The van der Waals surface area contributed by atoms with Crippen molar-refractivity contribution in [2.45, 2.75) is 26.0 Å². The van der Waals surface area contributed by atoms with Crippen LogP contribution in [-0.2, 0) is 17.8 Å². The van der Waals surface area contributed by atoms with E-state index < -0.39 is 23.6 Å². The van der Waals surface area contributed by atoms with E-state index in [1.165, 1.54) is 11.0 Å². The normalized spacial score (nSPS) is 14.7. The lowest BCUT2D eigenvalue weighted by molar-refractivity contribution is -0.122. The van der Waals surface area contributed by atoms with Crippen molar-refractivity contribution in [3.8, 4) is 5.75 Å². The summed E-state index contributed by atoms with van der Waals surface area (Å²) in [6, 6.07) is 7.93. The van der Waals surface area contributed by atoms with Crippen molar-refractivity contribution in [3.05, 3.63) is 64.7 Å². The second kappa shape index (κ2) is 7.11. The fourth-order valence-electron chi connectivity index (χ4n) is 2.89. The lowest BCUT2D eigenvalue weighted by Gasteiger charge is -2.32. The fourth-order valence-corrected chi connectivity index (χ4v) is 2.89. The Balaban J connectivity index is 1.72. The fraction of sp³-hybridized carbons (Fsp3) is 0.263. The van der Waals surface area contributed by atoms with E-state index in [9.17, 15) is 18.4 Å². The number of hydrogen-bond acceptors (Lipinski definition) is 3. The van der Waals surface area contributed by atoms with Gasteiger partial charge >= 0.3 is 0 Å². The molecular weight excluding hydrogens is 342 g/mol. The van der Waals surface area contributed by atoms with Gasteiger partial charge < -0.3 is 15.4 Å². The van der Waals surface area contributed by atoms with Crippen molar-refractivity contribution < 1.29 is 23.1 Å². The summed E-state index contributed by atoms with van der Waals surface area (Å²) in [7, 11) is 0. The van der Waals surface area contributed by atoms with Gasteiger partial charge in [-0.15, -0.1) is 0 Å². The van der Waals surface area contributed by atoms with Gasteiger partial charge in [-0.1, -0.05) is 6.07 Å². The summed E-state index contributed by atoms with van der Waals surface area (Å²) >= 11 is 0. The third-order valence-electron chi connectivity index (χ3n) is 4.46. The molecule has 2 aromatic carbocycles. The van der Waals surface area contributed by atoms with Crippen LogP contribution < -0.4 is 10.5 Å². The third kappa shape index (κ3) is 3.51. The first-order chi connectivity index (χ1) is 12.4. The number of hydrogen-bond donors (Lipinski definition) is 1. The number of rotatable bonds is 5. The molecule has 0 aliphatic carbocycles. The predicted molar refractivity (Wildman–Crippen MR) is 90.5 cm³/mol. The molecule has 0 fully saturated rings. The number of nitrogens with two attached hydrogens (primary N) is 1. The lowest BCUT2D eigenvalue weighted by atomic mass is 9.97. The average Bonchev–Trinajstić information content (AvgIpc) is 2.62. The molecule has 1 heterocycles. The number of ether oxygens (including phenoxy) is 1. The molecule has 136 valence electrons. The van der Waals surface area contributed by atoms with Crippen molar-refractivity contribution in [1.82, 2.24) is 4.90 Å². The van der Waals surface area contributed by atoms with E-state index in [0.717, 1.165) is 17.7 Å². The number of halogens is 2. The first-order valence-corrected chi connectivity index (χ1v) is 8.16. The van der Waals surface area contributed by atoms with Gasteiger partial charge in [0.2, 0.25) is 5.91 Å². The Morgan fingerprint density at radius 1 is 1.23 bits per heavy atom. The Hall–Kier alpha value is -2.96. The van der Waals surface area contributed by atoms with E-state index in [1.807, 2.05) is 0 Å². The molecule has 26 heavy (non-hydrogen) atoms. The van der Waals surface area contributed by atoms with Crippen LogP contribution in [0.5, 0.6) is 5.75 Å². The zero-order valence-electron chi connectivity index (χ0n) is 14.2. The number of amides is 2. The van der Waals surface area contributed by atoms with Crippen molar-refractivity contribution in [2.24, 2.45) is 5.73 Å². The Kier molecular flexibility index (Phi) is 4.88. The molecule has 0 spiro atoms. The summed E-state index contributed by atoms with van der Waals surface area (Å²) in [5.74, 6) is -2.10. The van der Waals surface area contributed by atoms with Crippen LogP contribution in [0.15, 0.2) is 36.4 Å². The molecule has 0 saturated carbocycles. The Bertz CT molecular complexity index is 870. The Morgan fingerprint density at radius 3 is 2.69 bits per heavy atom. The molecule has 0 aromatic heterocycles. The van der Waals surface area contributed by atoms with Gasteiger partial charge in [-0.05, 0) is 54.8 Å². The Labute approximate surface area is 149 Å². The van der Waals surface area contributed by atoms with Crippen LogP contribution in [0, 0.1) is 11.6 Å². The van der Waals surface area contributed by atoms with Gasteiger partial charge in [0.05, 0.1) is 0 Å². The van der Waals surface area contributed by atoms with Gasteiger partial charge in [-0.25, -0.2) is 8.78 Å². The van der Waals surface area contributed by atoms with E-state index in [-0.39, 0.29) is 12.5 Å². The lowest BCUT2D eigenvalue weighted by Crippen LogP contribution is -2.49. The number of nitrogens with zero attached hydrogens (tertiary/aromatic N) is 1. The quantitative estimate of drug-likeness (QED) is 0.890. The van der Waals surface area contributed by atoms with Crippen LogP contribution in [0.25, 0.3) is 0 Å². The summed E-state index contributed by atoms with van der Waals surface area (Å²) in [5, 5.41) is 0. The van der Waals surface area contributed by atoms with Crippen LogP contribution in [0.3, 0.4) is 0 Å². The molecule has 1 aliphatic heterocycles. The average molecular weight is 360 g/mol.